The van der Waals surface area contributed by atoms with E-state index in [0.29, 0.717) is 0 Å². The maximum absolute atomic E-state index is 10.2. The Hall–Kier alpha value is -1.44. The first-order chi connectivity index (χ1) is 7.92. The zero-order valence-electron chi connectivity index (χ0n) is 9.17. The third-order valence-corrected chi connectivity index (χ3v) is 1.75. The van der Waals surface area contributed by atoms with Crippen LogP contribution in [0.2, 0.25) is 0 Å². The minimum absolute atomic E-state index is 0.900. The van der Waals surface area contributed by atoms with Crippen molar-refractivity contribution in [2.24, 2.45) is 0 Å². The fraction of sp³-hybridized carbons (Fsp3) is 0.200. The summed E-state index contributed by atoms with van der Waals surface area (Å²) < 4.78 is 42.3. The van der Waals surface area contributed by atoms with Crippen LogP contribution in [0.5, 0.6) is 5.75 Å². The molecule has 0 unspecified atom stereocenters. The number of rotatable bonds is 4. The van der Waals surface area contributed by atoms with Gasteiger partial charge in [0.1, 0.15) is 5.75 Å². The van der Waals surface area contributed by atoms with Gasteiger partial charge in [0.2, 0.25) is 0 Å². The fourth-order valence-electron chi connectivity index (χ4n) is 0.966. The van der Waals surface area contributed by atoms with Gasteiger partial charge in [-0.25, -0.2) is 0 Å². The Bertz CT molecular complexity index is 444. The summed E-state index contributed by atoms with van der Waals surface area (Å²) in [5.41, 5.74) is 1.24. The lowest BCUT2D eigenvalue weighted by Gasteiger charge is -2.00. The minimum Gasteiger partial charge on any atom is -0.497 e. The zero-order valence-corrected chi connectivity index (χ0v) is 9.98. The summed E-state index contributed by atoms with van der Waals surface area (Å²) in [4.78, 5) is 0. The van der Waals surface area contributed by atoms with Gasteiger partial charge in [-0.3, -0.25) is 4.55 Å². The van der Waals surface area contributed by atoms with Crippen LogP contribution in [0.1, 0.15) is 5.56 Å². The van der Waals surface area contributed by atoms with Crippen LogP contribution < -0.4 is 4.74 Å². The molecule has 0 atom stereocenters. The molecule has 1 rings (SSSR count). The molecular weight excluding hydrogens is 251 g/mol. The molecule has 0 radical (unpaired) electrons. The predicted octanol–water partition coefficient (Wildman–Crippen LogP) is 2.11. The predicted molar refractivity (Wildman–Crippen MR) is 60.6 cm³/mol. The maximum Gasteiger partial charge on any atom is 0.428 e. The van der Waals surface area contributed by atoms with E-state index in [-0.39, 0.29) is 0 Å². The van der Waals surface area contributed by atoms with Crippen LogP contribution in [0, 0.1) is 0 Å². The maximum atomic E-state index is 10.2. The highest BCUT2D eigenvalue weighted by Crippen LogP contribution is 2.12. The molecule has 0 saturated heterocycles. The molecule has 1 N–H and O–H groups in total. The summed E-state index contributed by atoms with van der Waals surface area (Å²) in [6.45, 7) is 3.67. The van der Waals surface area contributed by atoms with E-state index in [1.54, 1.807) is 7.11 Å². The molecule has 0 bridgehead atoms. The summed E-state index contributed by atoms with van der Waals surface area (Å²) in [5.74, 6) is 0.907. The summed E-state index contributed by atoms with van der Waals surface area (Å²) in [7, 11) is -3.16. The number of halogens is 1. The summed E-state index contributed by atoms with van der Waals surface area (Å²) in [6.07, 6.45) is 2.78. The van der Waals surface area contributed by atoms with Crippen molar-refractivity contribution in [3.8, 4) is 5.75 Å². The number of methoxy groups -OCH3 is 1. The van der Waals surface area contributed by atoms with Crippen LogP contribution in [-0.4, -0.2) is 20.1 Å². The molecule has 0 aliphatic heterocycles. The van der Waals surface area contributed by atoms with Crippen molar-refractivity contribution in [3.63, 3.8) is 0 Å². The van der Waals surface area contributed by atoms with Crippen molar-refractivity contribution in [3.05, 3.63) is 42.5 Å². The molecular formula is C10H13FO5S. The Labute approximate surface area is 99.3 Å². The molecule has 1 aromatic rings. The zero-order chi connectivity index (χ0) is 13.3. The smallest absolute Gasteiger partial charge is 0.428 e. The van der Waals surface area contributed by atoms with Crippen LogP contribution in [0.4, 0.5) is 4.53 Å². The molecule has 0 aromatic heterocycles. The second kappa shape index (κ2) is 7.77. The van der Waals surface area contributed by atoms with Crippen LogP contribution >= 0.6 is 0 Å². The van der Waals surface area contributed by atoms with Crippen molar-refractivity contribution >= 4 is 10.4 Å². The van der Waals surface area contributed by atoms with Gasteiger partial charge in [-0.15, -0.1) is 6.58 Å². The van der Waals surface area contributed by atoms with Crippen molar-refractivity contribution in [1.82, 2.24) is 0 Å². The minimum atomic E-state index is -4.83. The van der Waals surface area contributed by atoms with E-state index in [0.717, 1.165) is 12.2 Å². The molecule has 0 heterocycles. The topological polar surface area (TPSA) is 72.8 Å². The Balaban J connectivity index is 0.000000366. The quantitative estimate of drug-likeness (QED) is 0.666. The number of ether oxygens (including phenoxy) is 1. The summed E-state index contributed by atoms with van der Waals surface area (Å²) in [6, 6.07) is 8.00. The molecule has 0 spiro atoms. The largest absolute Gasteiger partial charge is 0.497 e. The molecule has 96 valence electrons. The second-order valence-electron chi connectivity index (χ2n) is 2.84. The first-order valence-electron chi connectivity index (χ1n) is 4.44. The van der Waals surface area contributed by atoms with Crippen LogP contribution in [0.15, 0.2) is 36.9 Å². The van der Waals surface area contributed by atoms with E-state index >= 15 is 0 Å². The Morgan fingerprint density at radius 2 is 2.12 bits per heavy atom. The molecule has 1 aromatic carbocycles. The molecule has 17 heavy (non-hydrogen) atoms. The molecule has 7 heteroatoms. The average Bonchev–Trinajstić information content (AvgIpc) is 2.30. The van der Waals surface area contributed by atoms with Gasteiger partial charge < -0.3 is 4.74 Å². The monoisotopic (exact) mass is 264 g/mol. The molecule has 0 saturated carbocycles. The van der Waals surface area contributed by atoms with E-state index in [1.165, 1.54) is 5.56 Å². The lowest BCUT2D eigenvalue weighted by molar-refractivity contribution is -0.0113. The Kier molecular flexibility index (Phi) is 7.11. The van der Waals surface area contributed by atoms with Gasteiger partial charge in [-0.1, -0.05) is 18.2 Å². The van der Waals surface area contributed by atoms with Gasteiger partial charge in [-0.2, -0.15) is 8.42 Å². The molecule has 0 fully saturated rings. The van der Waals surface area contributed by atoms with Gasteiger partial charge in [-0.05, 0) is 33.0 Å². The van der Waals surface area contributed by atoms with Gasteiger partial charge >= 0.3 is 10.4 Å². The highest BCUT2D eigenvalue weighted by Gasteiger charge is 1.99. The van der Waals surface area contributed by atoms with E-state index < -0.39 is 10.4 Å². The lowest BCUT2D eigenvalue weighted by Crippen LogP contribution is -1.93. The number of allylic oxidation sites excluding steroid dienone is 1. The normalized spacial score (nSPS) is 10.1. The molecule has 5 nitrogen and oxygen atoms in total. The van der Waals surface area contributed by atoms with Crippen molar-refractivity contribution in [2.75, 3.05) is 7.11 Å². The van der Waals surface area contributed by atoms with Gasteiger partial charge in [0.15, 0.2) is 0 Å². The van der Waals surface area contributed by atoms with E-state index in [4.69, 9.17) is 17.7 Å². The summed E-state index contributed by atoms with van der Waals surface area (Å²) >= 11 is 0. The molecule has 0 aliphatic carbocycles. The highest BCUT2D eigenvalue weighted by atomic mass is 32.3. The fourth-order valence-corrected chi connectivity index (χ4v) is 0.966. The number of hydrogen-bond donors (Lipinski definition) is 1. The SMILES string of the molecule is C=CCc1cccc(OC)c1.O=S(=O)(O)OF. The van der Waals surface area contributed by atoms with Crippen molar-refractivity contribution < 1.29 is 26.6 Å². The van der Waals surface area contributed by atoms with Gasteiger partial charge in [0.05, 0.1) is 7.11 Å². The summed E-state index contributed by atoms with van der Waals surface area (Å²) in [5, 5.41) is 0. The first-order valence-corrected chi connectivity index (χ1v) is 5.81. The second-order valence-corrected chi connectivity index (χ2v) is 3.82. The van der Waals surface area contributed by atoms with Gasteiger partial charge in [0.25, 0.3) is 0 Å². The Morgan fingerprint density at radius 3 is 2.53 bits per heavy atom. The van der Waals surface area contributed by atoms with Crippen molar-refractivity contribution in [1.29, 1.82) is 0 Å². The molecule has 0 amide bonds. The third-order valence-electron chi connectivity index (χ3n) is 1.59. The third kappa shape index (κ3) is 8.38. The van der Waals surface area contributed by atoms with E-state index in [1.807, 2.05) is 28.7 Å². The van der Waals surface area contributed by atoms with E-state index in [2.05, 4.69) is 12.6 Å². The number of benzene rings is 1. The lowest BCUT2D eigenvalue weighted by atomic mass is 10.1. The van der Waals surface area contributed by atoms with Gasteiger partial charge in [0, 0.05) is 0 Å². The molecule has 0 aliphatic rings. The standard InChI is InChI=1S/C10H12O.FHO4S/c1-3-5-9-6-4-7-10(8-9)11-2;1-5-6(2,3)4/h3-4,6-8H,1,5H2,2H3;(H,2,3,4). The van der Waals surface area contributed by atoms with Crippen LogP contribution in [0.25, 0.3) is 0 Å². The first kappa shape index (κ1) is 15.6. The van der Waals surface area contributed by atoms with Crippen LogP contribution in [0.3, 0.4) is 0 Å². The number of hydrogen-bond acceptors (Lipinski definition) is 4. The van der Waals surface area contributed by atoms with Crippen molar-refractivity contribution in [2.45, 2.75) is 6.42 Å². The Morgan fingerprint density at radius 1 is 1.53 bits per heavy atom. The average molecular weight is 264 g/mol. The van der Waals surface area contributed by atoms with Crippen LogP contribution in [-0.2, 0) is 21.2 Å². The highest BCUT2D eigenvalue weighted by molar-refractivity contribution is 7.80. The van der Waals surface area contributed by atoms with E-state index in [9.17, 15) is 4.53 Å².